The third kappa shape index (κ3) is 3.77. The topological polar surface area (TPSA) is 38.7 Å². The first kappa shape index (κ1) is 22.1. The Morgan fingerprint density at radius 1 is 0.385 bits per heavy atom. The molecule has 0 saturated carbocycles. The number of nitrogens with zero attached hydrogens (tertiary/aromatic N) is 3. The second kappa shape index (κ2) is 8.83. The van der Waals surface area contributed by atoms with Crippen molar-refractivity contribution >= 4 is 53.1 Å². The first-order valence-electron chi connectivity index (χ1n) is 13.0. The number of aromatic nitrogens is 3. The van der Waals surface area contributed by atoms with E-state index < -0.39 is 0 Å². The fourth-order valence-corrected chi connectivity index (χ4v) is 6.51. The third-order valence-electron chi connectivity index (χ3n) is 7.31. The van der Waals surface area contributed by atoms with Gasteiger partial charge in [0.2, 0.25) is 0 Å². The zero-order valence-corrected chi connectivity index (χ0v) is 21.7. The molecule has 8 aromatic rings. The van der Waals surface area contributed by atoms with E-state index in [9.17, 15) is 0 Å². The molecule has 8 rings (SSSR count). The van der Waals surface area contributed by atoms with Gasteiger partial charge < -0.3 is 0 Å². The summed E-state index contributed by atoms with van der Waals surface area (Å²) in [5.74, 6) is 2.02. The summed E-state index contributed by atoms with van der Waals surface area (Å²) in [6.07, 6.45) is 0. The number of thiophene rings is 1. The highest BCUT2D eigenvalue weighted by Gasteiger charge is 2.15. The first-order chi connectivity index (χ1) is 19.3. The number of rotatable bonds is 3. The minimum Gasteiger partial charge on any atom is -0.208 e. The summed E-state index contributed by atoms with van der Waals surface area (Å²) in [5.41, 5.74) is 2.96. The van der Waals surface area contributed by atoms with E-state index in [1.165, 1.54) is 25.6 Å². The Labute approximate surface area is 229 Å². The number of benzene rings is 6. The van der Waals surface area contributed by atoms with Gasteiger partial charge in [-0.2, -0.15) is 0 Å². The van der Waals surface area contributed by atoms with Gasteiger partial charge in [-0.05, 0) is 39.7 Å². The summed E-state index contributed by atoms with van der Waals surface area (Å²) in [4.78, 5) is 15.1. The minimum absolute atomic E-state index is 0.671. The lowest BCUT2D eigenvalue weighted by atomic mass is 10.0. The van der Waals surface area contributed by atoms with Crippen LogP contribution in [0.4, 0.5) is 0 Å². The maximum absolute atomic E-state index is 5.06. The van der Waals surface area contributed by atoms with Crippen LogP contribution in [0.3, 0.4) is 0 Å². The van der Waals surface area contributed by atoms with Crippen LogP contribution in [-0.4, -0.2) is 15.0 Å². The SMILES string of the molecule is c1ccc2cc(-c3nc(-c4ccc5c(c4)sc4ccccc45)nc(-c4cccc5ccccc45)n3)ccc2c1. The van der Waals surface area contributed by atoms with E-state index >= 15 is 0 Å². The molecule has 0 unspecified atom stereocenters. The predicted molar refractivity (Wildman–Crippen MR) is 164 cm³/mol. The molecule has 0 saturated heterocycles. The minimum atomic E-state index is 0.671. The van der Waals surface area contributed by atoms with Crippen LogP contribution in [0.5, 0.6) is 0 Å². The van der Waals surface area contributed by atoms with E-state index in [0.717, 1.165) is 32.8 Å². The molecule has 3 nitrogen and oxygen atoms in total. The van der Waals surface area contributed by atoms with Crippen molar-refractivity contribution in [1.29, 1.82) is 0 Å². The van der Waals surface area contributed by atoms with Crippen LogP contribution in [0, 0.1) is 0 Å². The molecule has 0 atom stereocenters. The maximum Gasteiger partial charge on any atom is 0.164 e. The average molecular weight is 516 g/mol. The van der Waals surface area contributed by atoms with Gasteiger partial charge in [0.05, 0.1) is 0 Å². The first-order valence-corrected chi connectivity index (χ1v) is 13.8. The van der Waals surface area contributed by atoms with Gasteiger partial charge in [0.1, 0.15) is 0 Å². The summed E-state index contributed by atoms with van der Waals surface area (Å²) in [5, 5.41) is 7.19. The molecule has 0 radical (unpaired) electrons. The molecule has 0 fully saturated rings. The molecule has 6 aromatic carbocycles. The third-order valence-corrected chi connectivity index (χ3v) is 8.44. The van der Waals surface area contributed by atoms with Gasteiger partial charge >= 0.3 is 0 Å². The number of fused-ring (bicyclic) bond motifs is 5. The average Bonchev–Trinajstić information content (AvgIpc) is 3.38. The van der Waals surface area contributed by atoms with Gasteiger partial charge in [-0.15, -0.1) is 11.3 Å². The van der Waals surface area contributed by atoms with Crippen LogP contribution in [-0.2, 0) is 0 Å². The molecule has 0 bridgehead atoms. The van der Waals surface area contributed by atoms with E-state index in [2.05, 4.69) is 127 Å². The van der Waals surface area contributed by atoms with Crippen molar-refractivity contribution in [2.75, 3.05) is 0 Å². The Hall–Kier alpha value is -4.93. The van der Waals surface area contributed by atoms with Gasteiger partial charge in [0.25, 0.3) is 0 Å². The summed E-state index contributed by atoms with van der Waals surface area (Å²) < 4.78 is 2.52. The second-order valence-electron chi connectivity index (χ2n) is 9.70. The Balaban J connectivity index is 1.37. The van der Waals surface area contributed by atoms with Gasteiger partial charge in [-0.3, -0.25) is 0 Å². The van der Waals surface area contributed by atoms with Crippen LogP contribution in [0.25, 0.3) is 75.9 Å². The molecule has 2 heterocycles. The molecule has 0 aliphatic heterocycles. The molecule has 2 aromatic heterocycles. The molecule has 0 amide bonds. The van der Waals surface area contributed by atoms with E-state index in [-0.39, 0.29) is 0 Å². The van der Waals surface area contributed by atoms with Gasteiger partial charge in [0, 0.05) is 36.9 Å². The lowest BCUT2D eigenvalue weighted by Gasteiger charge is -2.11. The molecule has 0 spiro atoms. The number of hydrogen-bond donors (Lipinski definition) is 0. The van der Waals surface area contributed by atoms with Crippen molar-refractivity contribution in [2.45, 2.75) is 0 Å². The Kier molecular flexibility index (Phi) is 5.00. The van der Waals surface area contributed by atoms with Crippen molar-refractivity contribution in [1.82, 2.24) is 15.0 Å². The largest absolute Gasteiger partial charge is 0.208 e. The predicted octanol–water partition coefficient (Wildman–Crippen LogP) is 9.55. The normalized spacial score (nSPS) is 11.6. The molecule has 4 heteroatoms. The molecule has 0 aliphatic carbocycles. The van der Waals surface area contributed by atoms with Crippen molar-refractivity contribution in [3.8, 4) is 34.2 Å². The summed E-state index contributed by atoms with van der Waals surface area (Å²) >= 11 is 1.80. The zero-order valence-electron chi connectivity index (χ0n) is 20.9. The summed E-state index contributed by atoms with van der Waals surface area (Å²) in [7, 11) is 0. The van der Waals surface area contributed by atoms with E-state index in [1.807, 2.05) is 0 Å². The number of hydrogen-bond acceptors (Lipinski definition) is 4. The molecule has 0 N–H and O–H groups in total. The fourth-order valence-electron chi connectivity index (χ4n) is 5.37. The van der Waals surface area contributed by atoms with E-state index in [4.69, 9.17) is 15.0 Å². The second-order valence-corrected chi connectivity index (χ2v) is 10.8. The summed E-state index contributed by atoms with van der Waals surface area (Å²) in [6.45, 7) is 0. The highest BCUT2D eigenvalue weighted by atomic mass is 32.1. The van der Waals surface area contributed by atoms with Crippen molar-refractivity contribution < 1.29 is 0 Å². The summed E-state index contributed by atoms with van der Waals surface area (Å²) in [6, 6.07) is 44.5. The Morgan fingerprint density at radius 3 is 1.87 bits per heavy atom. The lowest BCUT2D eigenvalue weighted by Crippen LogP contribution is -2.00. The van der Waals surface area contributed by atoms with Crippen LogP contribution < -0.4 is 0 Å². The smallest absolute Gasteiger partial charge is 0.164 e. The van der Waals surface area contributed by atoms with Crippen LogP contribution in [0.2, 0.25) is 0 Å². The Bertz CT molecular complexity index is 2190. The maximum atomic E-state index is 5.06. The van der Waals surface area contributed by atoms with Crippen LogP contribution in [0.1, 0.15) is 0 Å². The van der Waals surface area contributed by atoms with Crippen LogP contribution >= 0.6 is 11.3 Å². The van der Waals surface area contributed by atoms with E-state index in [1.54, 1.807) is 11.3 Å². The molecule has 0 aliphatic rings. The van der Waals surface area contributed by atoms with Crippen LogP contribution in [0.15, 0.2) is 127 Å². The molecule has 39 heavy (non-hydrogen) atoms. The van der Waals surface area contributed by atoms with Gasteiger partial charge in [-0.1, -0.05) is 109 Å². The standard InChI is InChI=1S/C35H21N3S/c1-2-10-24-20-25(17-16-22(24)8-1)33-36-34(26-18-19-29-28-13-5-6-15-31(28)39-32(29)21-26)38-35(37-33)30-14-7-11-23-9-3-4-12-27(23)30/h1-21H. The highest BCUT2D eigenvalue weighted by molar-refractivity contribution is 7.25. The quantitative estimate of drug-likeness (QED) is 0.235. The van der Waals surface area contributed by atoms with E-state index in [0.29, 0.717) is 17.5 Å². The van der Waals surface area contributed by atoms with Crippen molar-refractivity contribution in [3.05, 3.63) is 127 Å². The molecular formula is C35H21N3S. The highest BCUT2D eigenvalue weighted by Crippen LogP contribution is 2.37. The fraction of sp³-hybridized carbons (Fsp3) is 0. The zero-order chi connectivity index (χ0) is 25.8. The molecule has 182 valence electrons. The van der Waals surface area contributed by atoms with Crippen molar-refractivity contribution in [2.24, 2.45) is 0 Å². The Morgan fingerprint density at radius 2 is 1.00 bits per heavy atom. The lowest BCUT2D eigenvalue weighted by molar-refractivity contribution is 1.08. The monoisotopic (exact) mass is 515 g/mol. The van der Waals surface area contributed by atoms with Crippen molar-refractivity contribution in [3.63, 3.8) is 0 Å². The molecular weight excluding hydrogens is 494 g/mol. The van der Waals surface area contributed by atoms with Gasteiger partial charge in [0.15, 0.2) is 17.5 Å². The van der Waals surface area contributed by atoms with Gasteiger partial charge in [-0.25, -0.2) is 15.0 Å².